The molecule has 32 heavy (non-hydrogen) atoms. The second-order valence-electron chi connectivity index (χ2n) is 9.39. The Morgan fingerprint density at radius 2 is 0.812 bits per heavy atom. The lowest BCUT2D eigenvalue weighted by molar-refractivity contribution is 0.310. The van der Waals surface area contributed by atoms with E-state index in [9.17, 15) is 4.80 Å². The molecule has 3 rings (SSSR count). The van der Waals surface area contributed by atoms with E-state index >= 15 is 0 Å². The van der Waals surface area contributed by atoms with Crippen molar-refractivity contribution in [2.75, 3.05) is 0 Å². The van der Waals surface area contributed by atoms with Crippen molar-refractivity contribution in [1.29, 1.82) is 0 Å². The predicted octanol–water partition coefficient (Wildman–Crippen LogP) is 3.80. The maximum atomic E-state index is 11.5. The molecule has 3 aromatic rings. The van der Waals surface area contributed by atoms with Gasteiger partial charge in [0.05, 0.1) is 0 Å². The third-order valence-electron chi connectivity index (χ3n) is 5.19. The Balaban J connectivity index is 2.08. The van der Waals surface area contributed by atoms with E-state index in [-0.39, 0.29) is 0 Å². The first-order valence-corrected chi connectivity index (χ1v) is 21.3. The first-order valence-electron chi connectivity index (χ1n) is 10.9. The number of benzene rings is 3. The summed E-state index contributed by atoms with van der Waals surface area (Å²) in [4.78, 5) is 11.5. The molecule has 3 aromatic carbocycles. The number of hydrogen-bond acceptors (Lipinski definition) is 4. The van der Waals surface area contributed by atoms with Gasteiger partial charge in [0.25, 0.3) is 0 Å². The molecule has 0 radical (unpaired) electrons. The highest BCUT2D eigenvalue weighted by molar-refractivity contribution is 6.99. The number of hydrogen-bond donors (Lipinski definition) is 1. The summed E-state index contributed by atoms with van der Waals surface area (Å²) in [5.74, 6) is 0. The molecule has 8 heteroatoms. The Morgan fingerprint density at radius 3 is 1.19 bits per heavy atom. The average molecular weight is 499 g/mol. The molecule has 0 heterocycles. The Kier molecular flexibility index (Phi) is 7.58. The molecule has 0 aliphatic heterocycles. The average Bonchev–Trinajstić information content (AvgIpc) is 2.74. The van der Waals surface area contributed by atoms with Gasteiger partial charge in [0.15, 0.2) is 8.32 Å². The minimum Gasteiger partial charge on any atom is -0.433 e. The quantitative estimate of drug-likeness (QED) is 0.456. The van der Waals surface area contributed by atoms with E-state index in [1.165, 1.54) is 0 Å². The van der Waals surface area contributed by atoms with Crippen molar-refractivity contribution in [2.24, 2.45) is 0 Å². The van der Waals surface area contributed by atoms with Gasteiger partial charge < -0.3 is 17.1 Å². The van der Waals surface area contributed by atoms with Crippen molar-refractivity contribution in [3.63, 3.8) is 0 Å². The van der Waals surface area contributed by atoms with Crippen LogP contribution in [0, 0.1) is 0 Å². The molecule has 0 amide bonds. The summed E-state index contributed by atoms with van der Waals surface area (Å²) >= 11 is 0. The fourth-order valence-electron chi connectivity index (χ4n) is 3.90. The van der Waals surface area contributed by atoms with Gasteiger partial charge in [-0.1, -0.05) is 91.0 Å². The highest BCUT2D eigenvalue weighted by atomic mass is 28.5. The smallest absolute Gasteiger partial charge is 0.358 e. The molecule has 0 bridgehead atoms. The van der Waals surface area contributed by atoms with Crippen LogP contribution in [0.2, 0.25) is 39.3 Å². The van der Waals surface area contributed by atoms with Crippen molar-refractivity contribution in [3.8, 4) is 0 Å². The molecule has 3 unspecified atom stereocenters. The minimum absolute atomic E-state index is 0.826. The van der Waals surface area contributed by atoms with Gasteiger partial charge in [0.1, 0.15) is 0 Å². The van der Waals surface area contributed by atoms with Crippen LogP contribution < -0.4 is 15.6 Å². The summed E-state index contributed by atoms with van der Waals surface area (Å²) in [5, 5.41) is 2.88. The van der Waals surface area contributed by atoms with Gasteiger partial charge >= 0.3 is 25.7 Å². The van der Waals surface area contributed by atoms with E-state index in [0.29, 0.717) is 0 Å². The van der Waals surface area contributed by atoms with Crippen molar-refractivity contribution in [3.05, 3.63) is 91.0 Å². The maximum absolute atomic E-state index is 11.5. The van der Waals surface area contributed by atoms with E-state index < -0.39 is 34.0 Å². The molecule has 0 saturated carbocycles. The van der Waals surface area contributed by atoms with E-state index in [1.807, 2.05) is 92.0 Å². The van der Waals surface area contributed by atoms with E-state index in [0.717, 1.165) is 15.6 Å². The first-order chi connectivity index (χ1) is 14.9. The molecule has 0 aliphatic carbocycles. The predicted molar refractivity (Wildman–Crippen MR) is 142 cm³/mol. The third kappa shape index (κ3) is 6.24. The fraction of sp³-hybridized carbons (Fsp3) is 0.250. The normalized spacial score (nSPS) is 17.7. The highest BCUT2D eigenvalue weighted by Gasteiger charge is 2.51. The molecule has 0 fully saturated rings. The van der Waals surface area contributed by atoms with Crippen molar-refractivity contribution < 1.29 is 17.1 Å². The lowest BCUT2D eigenvalue weighted by Gasteiger charge is -2.42. The van der Waals surface area contributed by atoms with Gasteiger partial charge in [-0.2, -0.15) is 0 Å². The van der Waals surface area contributed by atoms with E-state index in [4.69, 9.17) is 12.3 Å². The molecule has 4 nitrogen and oxygen atoms in total. The van der Waals surface area contributed by atoms with Crippen LogP contribution >= 0.6 is 0 Å². The Labute approximate surface area is 196 Å². The van der Waals surface area contributed by atoms with Gasteiger partial charge in [0, 0.05) is 0 Å². The van der Waals surface area contributed by atoms with Crippen molar-refractivity contribution >= 4 is 49.6 Å². The van der Waals surface area contributed by atoms with Crippen LogP contribution in [0.1, 0.15) is 0 Å². The molecule has 3 atom stereocenters. The van der Waals surface area contributed by atoms with Crippen LogP contribution in [0.4, 0.5) is 0 Å². The zero-order valence-electron chi connectivity index (χ0n) is 19.8. The molecular weight excluding hydrogens is 465 g/mol. The van der Waals surface area contributed by atoms with Gasteiger partial charge in [-0.25, -0.2) is 0 Å². The van der Waals surface area contributed by atoms with E-state index in [1.54, 1.807) is 0 Å². The lowest BCUT2D eigenvalue weighted by atomic mass is 10.4. The molecule has 0 spiro atoms. The molecule has 0 aliphatic rings. The summed E-state index contributed by atoms with van der Waals surface area (Å²) in [6.45, 7) is 12.5. The number of rotatable bonds is 9. The summed E-state index contributed by atoms with van der Waals surface area (Å²) in [6.07, 6.45) is 0. The van der Waals surface area contributed by atoms with Gasteiger partial charge in [-0.15, -0.1) is 0 Å². The minimum atomic E-state index is -3.24. The van der Waals surface area contributed by atoms with Crippen molar-refractivity contribution in [2.45, 2.75) is 39.3 Å². The summed E-state index contributed by atoms with van der Waals surface area (Å²) in [7, 11) is -11.2. The zero-order valence-corrected chi connectivity index (χ0v) is 23.8. The SMILES string of the molecule is C[Si](C)(C)O[Si](C)(O[Si](C)(O[Si](C)(O)c1ccccc1)c1ccccc1)c1ccccc1. The van der Waals surface area contributed by atoms with Crippen LogP contribution in [-0.4, -0.2) is 38.8 Å². The molecule has 0 saturated heterocycles. The van der Waals surface area contributed by atoms with Crippen LogP contribution in [0.5, 0.6) is 0 Å². The van der Waals surface area contributed by atoms with Crippen LogP contribution in [0.25, 0.3) is 0 Å². The Morgan fingerprint density at radius 1 is 0.469 bits per heavy atom. The summed E-state index contributed by atoms with van der Waals surface area (Å²) in [5.41, 5.74) is 0. The lowest BCUT2D eigenvalue weighted by Crippen LogP contribution is -2.69. The standard InChI is InChI=1S/C24H34O4Si4/c1-29(2,3)26-31(5,23-18-12-8-13-19-23)28-32(6,24-20-14-9-15-21-24)27-30(4,25)22-16-10-7-11-17-22/h7-21,25H,1-6H3. The van der Waals surface area contributed by atoms with Gasteiger partial charge in [-0.05, 0) is 54.8 Å². The van der Waals surface area contributed by atoms with Crippen LogP contribution in [0.15, 0.2) is 91.0 Å². The first kappa shape index (κ1) is 25.0. The van der Waals surface area contributed by atoms with Gasteiger partial charge in [-0.3, -0.25) is 0 Å². The van der Waals surface area contributed by atoms with Crippen LogP contribution in [-0.2, 0) is 12.3 Å². The molecule has 170 valence electrons. The van der Waals surface area contributed by atoms with E-state index in [2.05, 4.69) is 38.3 Å². The zero-order chi connectivity index (χ0) is 23.5. The topological polar surface area (TPSA) is 47.9 Å². The van der Waals surface area contributed by atoms with Crippen LogP contribution in [0.3, 0.4) is 0 Å². The molecule has 1 N–H and O–H groups in total. The maximum Gasteiger partial charge on any atom is 0.358 e. The van der Waals surface area contributed by atoms with Gasteiger partial charge in [0.2, 0.25) is 0 Å². The summed E-state index contributed by atoms with van der Waals surface area (Å²) in [6, 6.07) is 29.9. The second kappa shape index (κ2) is 9.70. The Hall–Kier alpha value is -1.63. The highest BCUT2D eigenvalue weighted by Crippen LogP contribution is 2.24. The molecule has 0 aromatic heterocycles. The summed E-state index contributed by atoms with van der Waals surface area (Å²) < 4.78 is 20.6. The largest absolute Gasteiger partial charge is 0.433 e. The second-order valence-corrected chi connectivity index (χ2v) is 23.5. The Bertz CT molecular complexity index is 997. The monoisotopic (exact) mass is 498 g/mol. The fourth-order valence-corrected chi connectivity index (χ4v) is 20.4. The third-order valence-corrected chi connectivity index (χ3v) is 19.6. The molecular formula is C24H34O4Si4. The van der Waals surface area contributed by atoms with Crippen molar-refractivity contribution in [1.82, 2.24) is 0 Å².